The Morgan fingerprint density at radius 1 is 1.07 bits per heavy atom. The third-order valence-corrected chi connectivity index (χ3v) is 4.38. The first-order valence-electron chi connectivity index (χ1n) is 8.46. The van der Waals surface area contributed by atoms with E-state index in [-0.39, 0.29) is 5.43 Å². The lowest BCUT2D eigenvalue weighted by Crippen LogP contribution is -2.10. The number of hydrogen-bond acceptors (Lipinski definition) is 5. The number of benzene rings is 1. The maximum atomic E-state index is 12.3. The molecule has 4 aromatic heterocycles. The standard InChI is InChI=1S/C20H14N6O/c1-12-7-10-26(25-12)20-17(23-18-16(27)6-9-22-19(18)24-20)14-4-5-15-13(11-14)3-2-8-21-15/h2-11H,1H3,(H,22,24,27). The fourth-order valence-corrected chi connectivity index (χ4v) is 3.08. The monoisotopic (exact) mass is 354 g/mol. The van der Waals surface area contributed by atoms with Gasteiger partial charge in [0, 0.05) is 35.6 Å². The molecule has 5 rings (SSSR count). The Labute approximate surface area is 153 Å². The lowest BCUT2D eigenvalue weighted by molar-refractivity contribution is 0.832. The Hall–Kier alpha value is -3.87. The van der Waals surface area contributed by atoms with E-state index in [1.54, 1.807) is 17.1 Å². The summed E-state index contributed by atoms with van der Waals surface area (Å²) in [5, 5.41) is 5.46. The summed E-state index contributed by atoms with van der Waals surface area (Å²) in [6.45, 7) is 1.91. The van der Waals surface area contributed by atoms with Crippen LogP contribution in [0.2, 0.25) is 0 Å². The summed E-state index contributed by atoms with van der Waals surface area (Å²) < 4.78 is 1.68. The van der Waals surface area contributed by atoms with E-state index < -0.39 is 0 Å². The molecule has 27 heavy (non-hydrogen) atoms. The molecule has 0 atom stereocenters. The van der Waals surface area contributed by atoms with E-state index in [1.165, 1.54) is 6.07 Å². The molecule has 1 aromatic carbocycles. The number of aromatic nitrogens is 6. The Morgan fingerprint density at radius 3 is 2.85 bits per heavy atom. The van der Waals surface area contributed by atoms with Crippen LogP contribution in [0.1, 0.15) is 5.69 Å². The summed E-state index contributed by atoms with van der Waals surface area (Å²) in [6.07, 6.45) is 5.16. The number of fused-ring (bicyclic) bond motifs is 2. The van der Waals surface area contributed by atoms with Gasteiger partial charge in [0.1, 0.15) is 5.69 Å². The molecular weight excluding hydrogens is 340 g/mol. The molecule has 0 fully saturated rings. The van der Waals surface area contributed by atoms with Crippen LogP contribution < -0.4 is 5.43 Å². The molecule has 1 N–H and O–H groups in total. The number of hydrogen-bond donors (Lipinski definition) is 1. The van der Waals surface area contributed by atoms with Crippen LogP contribution in [0, 0.1) is 6.92 Å². The molecule has 0 radical (unpaired) electrons. The predicted molar refractivity (Wildman–Crippen MR) is 103 cm³/mol. The molecule has 0 bridgehead atoms. The molecular formula is C20H14N6O. The van der Waals surface area contributed by atoms with Crippen molar-refractivity contribution in [3.8, 4) is 17.1 Å². The van der Waals surface area contributed by atoms with Gasteiger partial charge in [0.25, 0.3) is 0 Å². The van der Waals surface area contributed by atoms with Crippen LogP contribution in [0.25, 0.3) is 39.1 Å². The molecule has 0 amide bonds. The van der Waals surface area contributed by atoms with Crippen molar-refractivity contribution in [3.05, 3.63) is 77.0 Å². The second kappa shape index (κ2) is 5.84. The largest absolute Gasteiger partial charge is 0.345 e. The maximum Gasteiger partial charge on any atom is 0.209 e. The minimum absolute atomic E-state index is 0.178. The van der Waals surface area contributed by atoms with Crippen LogP contribution in [0.5, 0.6) is 0 Å². The fourth-order valence-electron chi connectivity index (χ4n) is 3.08. The average Bonchev–Trinajstić information content (AvgIpc) is 3.13. The van der Waals surface area contributed by atoms with Gasteiger partial charge in [0.15, 0.2) is 17.0 Å². The molecule has 5 aromatic rings. The molecule has 7 heteroatoms. The number of pyridine rings is 2. The van der Waals surface area contributed by atoms with Crippen LogP contribution in [-0.4, -0.2) is 29.7 Å². The second-order valence-electron chi connectivity index (χ2n) is 6.25. The van der Waals surface area contributed by atoms with E-state index in [0.717, 1.165) is 22.2 Å². The molecule has 0 aliphatic carbocycles. The van der Waals surface area contributed by atoms with Crippen molar-refractivity contribution in [2.45, 2.75) is 6.92 Å². The molecule has 4 heterocycles. The number of aryl methyl sites for hydroxylation is 1. The third kappa shape index (κ3) is 2.56. The van der Waals surface area contributed by atoms with Crippen molar-refractivity contribution in [1.29, 1.82) is 0 Å². The van der Waals surface area contributed by atoms with E-state index in [4.69, 9.17) is 0 Å². The molecule has 0 aliphatic heterocycles. The second-order valence-corrected chi connectivity index (χ2v) is 6.25. The summed E-state index contributed by atoms with van der Waals surface area (Å²) >= 11 is 0. The summed E-state index contributed by atoms with van der Waals surface area (Å²) in [5.41, 5.74) is 3.74. The highest BCUT2D eigenvalue weighted by Crippen LogP contribution is 2.27. The normalized spacial score (nSPS) is 11.3. The zero-order valence-corrected chi connectivity index (χ0v) is 14.4. The Kier molecular flexibility index (Phi) is 3.33. The van der Waals surface area contributed by atoms with E-state index >= 15 is 0 Å². The molecule has 0 aliphatic rings. The van der Waals surface area contributed by atoms with Gasteiger partial charge >= 0.3 is 0 Å². The van der Waals surface area contributed by atoms with Crippen LogP contribution in [0.3, 0.4) is 0 Å². The molecule has 0 saturated heterocycles. The van der Waals surface area contributed by atoms with E-state index in [9.17, 15) is 4.79 Å². The number of nitrogens with one attached hydrogen (secondary N) is 1. The minimum atomic E-state index is -0.178. The quantitative estimate of drug-likeness (QED) is 0.526. The maximum absolute atomic E-state index is 12.3. The SMILES string of the molecule is Cc1ccn(-c2nc3[nH]ccc(=O)c3nc2-c2ccc3ncccc3c2)n1. The lowest BCUT2D eigenvalue weighted by atomic mass is 10.1. The summed E-state index contributed by atoms with van der Waals surface area (Å²) in [4.78, 5) is 28.9. The lowest BCUT2D eigenvalue weighted by Gasteiger charge is -2.10. The van der Waals surface area contributed by atoms with Gasteiger partial charge in [0.05, 0.1) is 11.2 Å². The van der Waals surface area contributed by atoms with E-state index in [2.05, 4.69) is 25.0 Å². The Balaban J connectivity index is 1.85. The highest BCUT2D eigenvalue weighted by molar-refractivity contribution is 5.86. The number of H-pyrrole nitrogens is 1. The van der Waals surface area contributed by atoms with Crippen LogP contribution in [0.15, 0.2) is 65.8 Å². The van der Waals surface area contributed by atoms with Crippen molar-refractivity contribution in [2.24, 2.45) is 0 Å². The number of nitrogens with zero attached hydrogens (tertiary/aromatic N) is 5. The van der Waals surface area contributed by atoms with Crippen LogP contribution >= 0.6 is 0 Å². The van der Waals surface area contributed by atoms with Gasteiger partial charge in [-0.1, -0.05) is 12.1 Å². The van der Waals surface area contributed by atoms with Crippen molar-refractivity contribution >= 4 is 22.1 Å². The molecule has 0 saturated carbocycles. The Morgan fingerprint density at radius 2 is 2.00 bits per heavy atom. The highest BCUT2D eigenvalue weighted by Gasteiger charge is 2.16. The van der Waals surface area contributed by atoms with Gasteiger partial charge in [0.2, 0.25) is 5.43 Å². The summed E-state index contributed by atoms with van der Waals surface area (Å²) in [6, 6.07) is 13.1. The first-order chi connectivity index (χ1) is 13.2. The molecule has 7 nitrogen and oxygen atoms in total. The minimum Gasteiger partial charge on any atom is -0.345 e. The number of aromatic amines is 1. The molecule has 0 unspecified atom stereocenters. The van der Waals surface area contributed by atoms with Crippen molar-refractivity contribution in [1.82, 2.24) is 29.7 Å². The van der Waals surface area contributed by atoms with Gasteiger partial charge in [-0.2, -0.15) is 5.10 Å². The zero-order valence-electron chi connectivity index (χ0n) is 14.4. The highest BCUT2D eigenvalue weighted by atomic mass is 16.1. The smallest absolute Gasteiger partial charge is 0.209 e. The van der Waals surface area contributed by atoms with Gasteiger partial charge in [-0.15, -0.1) is 0 Å². The zero-order chi connectivity index (χ0) is 18.4. The van der Waals surface area contributed by atoms with Gasteiger partial charge < -0.3 is 4.98 Å². The van der Waals surface area contributed by atoms with Crippen molar-refractivity contribution in [2.75, 3.05) is 0 Å². The van der Waals surface area contributed by atoms with Crippen molar-refractivity contribution < 1.29 is 0 Å². The average molecular weight is 354 g/mol. The number of rotatable bonds is 2. The predicted octanol–water partition coefficient (Wildman–Crippen LogP) is 3.03. The van der Waals surface area contributed by atoms with Gasteiger partial charge in [-0.25, -0.2) is 14.6 Å². The van der Waals surface area contributed by atoms with Crippen molar-refractivity contribution in [3.63, 3.8) is 0 Å². The summed E-state index contributed by atoms with van der Waals surface area (Å²) in [7, 11) is 0. The Bertz CT molecular complexity index is 1370. The fraction of sp³-hybridized carbons (Fsp3) is 0.0500. The van der Waals surface area contributed by atoms with E-state index in [1.807, 2.05) is 49.5 Å². The summed E-state index contributed by atoms with van der Waals surface area (Å²) in [5.74, 6) is 0.556. The van der Waals surface area contributed by atoms with E-state index in [0.29, 0.717) is 22.7 Å². The first-order valence-corrected chi connectivity index (χ1v) is 8.46. The van der Waals surface area contributed by atoms with Crippen LogP contribution in [0.4, 0.5) is 0 Å². The molecule has 0 spiro atoms. The van der Waals surface area contributed by atoms with Gasteiger partial charge in [-0.3, -0.25) is 9.78 Å². The van der Waals surface area contributed by atoms with Gasteiger partial charge in [-0.05, 0) is 31.2 Å². The molecule has 130 valence electrons. The third-order valence-electron chi connectivity index (χ3n) is 4.38. The first kappa shape index (κ1) is 15.4. The topological polar surface area (TPSA) is 89.4 Å². The van der Waals surface area contributed by atoms with Crippen LogP contribution in [-0.2, 0) is 0 Å².